The van der Waals surface area contributed by atoms with Gasteiger partial charge < -0.3 is 14.8 Å². The number of hydrogen-bond donors (Lipinski definition) is 2. The van der Waals surface area contributed by atoms with Crippen molar-refractivity contribution in [2.75, 3.05) is 13.7 Å². The molecule has 2 rings (SSSR count). The molecule has 31 heavy (non-hydrogen) atoms. The summed E-state index contributed by atoms with van der Waals surface area (Å²) in [5, 5.41) is 6.43. The Morgan fingerprint density at radius 1 is 1.10 bits per heavy atom. The first kappa shape index (κ1) is 23.5. The number of ether oxygens (including phenoxy) is 2. The SMILES string of the molecule is COC(=O)COc1ccc(/C=N/NC(=O)C(NC(=O)c2ccccc2F)C(C)C)cc1. The Morgan fingerprint density at radius 3 is 2.39 bits per heavy atom. The molecule has 0 fully saturated rings. The molecule has 0 saturated carbocycles. The van der Waals surface area contributed by atoms with E-state index in [1.807, 2.05) is 0 Å². The largest absolute Gasteiger partial charge is 0.482 e. The van der Waals surface area contributed by atoms with Gasteiger partial charge in [0.1, 0.15) is 17.6 Å². The van der Waals surface area contributed by atoms with Crippen molar-refractivity contribution in [3.63, 3.8) is 0 Å². The van der Waals surface area contributed by atoms with Gasteiger partial charge in [0.25, 0.3) is 11.8 Å². The topological polar surface area (TPSA) is 106 Å². The summed E-state index contributed by atoms with van der Waals surface area (Å²) in [5.74, 6) is -2.15. The van der Waals surface area contributed by atoms with Gasteiger partial charge in [-0.15, -0.1) is 0 Å². The van der Waals surface area contributed by atoms with Gasteiger partial charge in [-0.1, -0.05) is 26.0 Å². The zero-order valence-corrected chi connectivity index (χ0v) is 17.4. The van der Waals surface area contributed by atoms with Gasteiger partial charge in [-0.2, -0.15) is 5.10 Å². The van der Waals surface area contributed by atoms with Crippen LogP contribution in [-0.2, 0) is 14.3 Å². The molecule has 2 amide bonds. The lowest BCUT2D eigenvalue weighted by Crippen LogP contribution is -2.48. The van der Waals surface area contributed by atoms with Gasteiger partial charge in [-0.3, -0.25) is 9.59 Å². The molecule has 0 saturated heterocycles. The molecule has 2 aromatic carbocycles. The van der Waals surface area contributed by atoms with E-state index in [4.69, 9.17) is 4.74 Å². The molecule has 9 heteroatoms. The first-order chi connectivity index (χ1) is 14.8. The fourth-order valence-electron chi connectivity index (χ4n) is 2.49. The predicted octanol–water partition coefficient (Wildman–Crippen LogP) is 2.28. The lowest BCUT2D eigenvalue weighted by Gasteiger charge is -2.20. The Hall–Kier alpha value is -3.75. The third kappa shape index (κ3) is 7.22. The van der Waals surface area contributed by atoms with Gasteiger partial charge >= 0.3 is 5.97 Å². The number of nitrogens with zero attached hydrogens (tertiary/aromatic N) is 1. The maximum Gasteiger partial charge on any atom is 0.343 e. The zero-order chi connectivity index (χ0) is 22.8. The number of rotatable bonds is 9. The third-order valence-electron chi connectivity index (χ3n) is 4.21. The summed E-state index contributed by atoms with van der Waals surface area (Å²) in [6, 6.07) is 11.3. The van der Waals surface area contributed by atoms with Crippen LogP contribution in [0.5, 0.6) is 5.75 Å². The fourth-order valence-corrected chi connectivity index (χ4v) is 2.49. The molecule has 0 radical (unpaired) electrons. The summed E-state index contributed by atoms with van der Waals surface area (Å²) in [4.78, 5) is 35.8. The lowest BCUT2D eigenvalue weighted by atomic mass is 10.0. The summed E-state index contributed by atoms with van der Waals surface area (Å²) >= 11 is 0. The highest BCUT2D eigenvalue weighted by molar-refractivity contribution is 5.98. The standard InChI is InChI=1S/C22H24FN3O5/c1-14(2)20(25-21(28)17-6-4-5-7-18(17)23)22(29)26-24-12-15-8-10-16(11-9-15)31-13-19(27)30-3/h4-12,14,20H,13H2,1-3H3,(H,25,28)(H,26,29)/b24-12+. The summed E-state index contributed by atoms with van der Waals surface area (Å²) < 4.78 is 23.5. The molecule has 0 bridgehead atoms. The molecule has 0 aliphatic rings. The molecule has 1 atom stereocenters. The highest BCUT2D eigenvalue weighted by Gasteiger charge is 2.25. The summed E-state index contributed by atoms with van der Waals surface area (Å²) in [5.41, 5.74) is 2.90. The molecule has 0 heterocycles. The van der Waals surface area contributed by atoms with Crippen molar-refractivity contribution in [2.24, 2.45) is 11.0 Å². The van der Waals surface area contributed by atoms with E-state index in [1.165, 1.54) is 31.5 Å². The van der Waals surface area contributed by atoms with E-state index in [0.717, 1.165) is 0 Å². The Labute approximate surface area is 179 Å². The number of carbonyl (C=O) groups excluding carboxylic acids is 3. The number of amides is 2. The smallest absolute Gasteiger partial charge is 0.343 e. The van der Waals surface area contributed by atoms with Crippen molar-refractivity contribution < 1.29 is 28.2 Å². The second-order valence-electron chi connectivity index (χ2n) is 6.84. The first-order valence-electron chi connectivity index (χ1n) is 9.49. The van der Waals surface area contributed by atoms with Crippen LogP contribution in [0.4, 0.5) is 4.39 Å². The summed E-state index contributed by atoms with van der Waals surface area (Å²) in [6.07, 6.45) is 1.41. The van der Waals surface area contributed by atoms with Crippen LogP contribution in [0.3, 0.4) is 0 Å². The van der Waals surface area contributed by atoms with Crippen LogP contribution in [0.15, 0.2) is 53.6 Å². The monoisotopic (exact) mass is 429 g/mol. The van der Waals surface area contributed by atoms with Gasteiger partial charge in [-0.25, -0.2) is 14.6 Å². The fraction of sp³-hybridized carbons (Fsp3) is 0.273. The van der Waals surface area contributed by atoms with Crippen molar-refractivity contribution in [3.8, 4) is 5.75 Å². The molecular formula is C22H24FN3O5. The van der Waals surface area contributed by atoms with E-state index in [0.29, 0.717) is 11.3 Å². The van der Waals surface area contributed by atoms with Crippen molar-refractivity contribution in [1.29, 1.82) is 0 Å². The Morgan fingerprint density at radius 2 is 1.77 bits per heavy atom. The molecule has 8 nitrogen and oxygen atoms in total. The van der Waals surface area contributed by atoms with Crippen molar-refractivity contribution in [3.05, 3.63) is 65.5 Å². The van der Waals surface area contributed by atoms with Gasteiger partial charge in [0, 0.05) is 0 Å². The second kappa shape index (κ2) is 11.4. The lowest BCUT2D eigenvalue weighted by molar-refractivity contribution is -0.142. The van der Waals surface area contributed by atoms with Crippen LogP contribution >= 0.6 is 0 Å². The Bertz CT molecular complexity index is 944. The second-order valence-corrected chi connectivity index (χ2v) is 6.84. The number of hydrogen-bond acceptors (Lipinski definition) is 6. The third-order valence-corrected chi connectivity index (χ3v) is 4.21. The predicted molar refractivity (Wildman–Crippen MR) is 112 cm³/mol. The average Bonchev–Trinajstić information content (AvgIpc) is 2.76. The Balaban J connectivity index is 1.94. The van der Waals surface area contributed by atoms with E-state index in [2.05, 4.69) is 20.6 Å². The van der Waals surface area contributed by atoms with E-state index < -0.39 is 29.6 Å². The number of carbonyl (C=O) groups is 3. The van der Waals surface area contributed by atoms with E-state index >= 15 is 0 Å². The minimum absolute atomic E-state index is 0.140. The first-order valence-corrected chi connectivity index (χ1v) is 9.49. The normalized spacial score (nSPS) is 11.8. The van der Waals surface area contributed by atoms with Gasteiger partial charge in [-0.05, 0) is 47.9 Å². The average molecular weight is 429 g/mol. The van der Waals surface area contributed by atoms with Crippen LogP contribution < -0.4 is 15.5 Å². The van der Waals surface area contributed by atoms with E-state index in [9.17, 15) is 18.8 Å². The van der Waals surface area contributed by atoms with Crippen molar-refractivity contribution >= 4 is 24.0 Å². The zero-order valence-electron chi connectivity index (χ0n) is 17.4. The molecule has 0 aliphatic heterocycles. The van der Waals surface area contributed by atoms with E-state index in [1.54, 1.807) is 44.2 Å². The maximum atomic E-state index is 13.8. The molecule has 2 aromatic rings. The summed E-state index contributed by atoms with van der Waals surface area (Å²) in [6.45, 7) is 3.31. The van der Waals surface area contributed by atoms with Crippen LogP contribution in [0.1, 0.15) is 29.8 Å². The van der Waals surface area contributed by atoms with Crippen LogP contribution in [0.2, 0.25) is 0 Å². The van der Waals surface area contributed by atoms with Gasteiger partial charge in [0.05, 0.1) is 18.9 Å². The van der Waals surface area contributed by atoms with Gasteiger partial charge in [0.15, 0.2) is 6.61 Å². The molecule has 0 spiro atoms. The number of esters is 1. The molecule has 0 aromatic heterocycles. The molecule has 2 N–H and O–H groups in total. The number of halogens is 1. The highest BCUT2D eigenvalue weighted by atomic mass is 19.1. The quantitative estimate of drug-likeness (QED) is 0.361. The number of nitrogens with one attached hydrogen (secondary N) is 2. The van der Waals surface area contributed by atoms with Crippen LogP contribution in [-0.4, -0.2) is 43.8 Å². The number of benzene rings is 2. The van der Waals surface area contributed by atoms with E-state index in [-0.39, 0.29) is 18.1 Å². The molecule has 0 aliphatic carbocycles. The minimum Gasteiger partial charge on any atom is -0.482 e. The minimum atomic E-state index is -0.904. The van der Waals surface area contributed by atoms with Gasteiger partial charge in [0.2, 0.25) is 0 Å². The van der Waals surface area contributed by atoms with Crippen LogP contribution in [0.25, 0.3) is 0 Å². The molecular weight excluding hydrogens is 405 g/mol. The number of methoxy groups -OCH3 is 1. The van der Waals surface area contributed by atoms with Crippen LogP contribution in [0, 0.1) is 11.7 Å². The highest BCUT2D eigenvalue weighted by Crippen LogP contribution is 2.11. The molecule has 1 unspecified atom stereocenters. The number of hydrazone groups is 1. The van der Waals surface area contributed by atoms with Crippen molar-refractivity contribution in [2.45, 2.75) is 19.9 Å². The maximum absolute atomic E-state index is 13.8. The van der Waals surface area contributed by atoms with Crippen molar-refractivity contribution in [1.82, 2.24) is 10.7 Å². The Kier molecular flexibility index (Phi) is 8.68. The summed E-state index contributed by atoms with van der Waals surface area (Å²) in [7, 11) is 1.27. The molecule has 164 valence electrons.